The minimum Gasteiger partial charge on any atom is -0.486 e. The van der Waals surface area contributed by atoms with E-state index in [-0.39, 0.29) is 24.0 Å². The fourth-order valence-electron chi connectivity index (χ4n) is 3.59. The van der Waals surface area contributed by atoms with Crippen LogP contribution in [-0.2, 0) is 14.3 Å². The number of piperidine rings is 1. The highest BCUT2D eigenvalue weighted by Gasteiger charge is 2.39. The summed E-state index contributed by atoms with van der Waals surface area (Å²) in [5.41, 5.74) is -0.287. The third-order valence-corrected chi connectivity index (χ3v) is 6.24. The Balaban J connectivity index is 1.22. The number of thioether (sulfide) groups is 1. The summed E-state index contributed by atoms with van der Waals surface area (Å²) in [5.74, 6) is 2.40. The molecule has 1 aromatic rings. The Bertz CT molecular complexity index is 706. The molecule has 27 heavy (non-hydrogen) atoms. The molecule has 1 spiro atoms. The Labute approximate surface area is 162 Å². The van der Waals surface area contributed by atoms with Gasteiger partial charge in [0.25, 0.3) is 0 Å². The van der Waals surface area contributed by atoms with Crippen molar-refractivity contribution >= 4 is 23.6 Å². The number of carbonyl (C=O) groups excluding carboxylic acids is 2. The average molecular weight is 392 g/mol. The molecule has 146 valence electrons. The zero-order valence-electron chi connectivity index (χ0n) is 15.2. The summed E-state index contributed by atoms with van der Waals surface area (Å²) in [5, 5.41) is 2.87. The molecule has 7 nitrogen and oxygen atoms in total. The second kappa shape index (κ2) is 7.98. The Kier molecular flexibility index (Phi) is 5.45. The quantitative estimate of drug-likeness (QED) is 0.782. The van der Waals surface area contributed by atoms with E-state index in [1.54, 1.807) is 11.8 Å². The highest BCUT2D eigenvalue weighted by molar-refractivity contribution is 7.99. The van der Waals surface area contributed by atoms with E-state index < -0.39 is 0 Å². The molecule has 0 unspecified atom stereocenters. The highest BCUT2D eigenvalue weighted by atomic mass is 32.2. The number of benzene rings is 1. The third-order valence-electron chi connectivity index (χ3n) is 5.24. The van der Waals surface area contributed by atoms with Crippen molar-refractivity contribution in [2.45, 2.75) is 29.8 Å². The molecule has 0 bridgehead atoms. The maximum atomic E-state index is 12.5. The second-order valence-electron chi connectivity index (χ2n) is 7.03. The molecule has 1 N–H and O–H groups in total. The molecule has 0 aliphatic carbocycles. The molecule has 2 saturated heterocycles. The van der Waals surface area contributed by atoms with Gasteiger partial charge in [0.2, 0.25) is 11.8 Å². The zero-order chi connectivity index (χ0) is 18.7. The van der Waals surface area contributed by atoms with Crippen molar-refractivity contribution in [3.63, 3.8) is 0 Å². The molecule has 1 aromatic carbocycles. The van der Waals surface area contributed by atoms with Gasteiger partial charge in [-0.15, -0.1) is 11.8 Å². The van der Waals surface area contributed by atoms with Crippen molar-refractivity contribution < 1.29 is 23.8 Å². The van der Waals surface area contributed by atoms with Gasteiger partial charge in [0, 0.05) is 36.7 Å². The number of likely N-dealkylation sites (tertiary alicyclic amines) is 1. The minimum absolute atomic E-state index is 0.0599. The van der Waals surface area contributed by atoms with Crippen LogP contribution in [0.1, 0.15) is 19.3 Å². The van der Waals surface area contributed by atoms with Gasteiger partial charge in [0.05, 0.1) is 5.60 Å². The van der Waals surface area contributed by atoms with Crippen molar-refractivity contribution in [3.8, 4) is 11.5 Å². The SMILES string of the molecule is O=C1COC2(CCN(C(=O)CCSc3ccc4c(c3)OCCO4)CC2)CN1. The number of amides is 2. The van der Waals surface area contributed by atoms with Gasteiger partial charge in [-0.3, -0.25) is 9.59 Å². The number of rotatable bonds is 4. The summed E-state index contributed by atoms with van der Waals surface area (Å²) < 4.78 is 16.9. The largest absolute Gasteiger partial charge is 0.486 e. The smallest absolute Gasteiger partial charge is 0.246 e. The van der Waals surface area contributed by atoms with Crippen LogP contribution in [0, 0.1) is 0 Å². The molecule has 0 saturated carbocycles. The van der Waals surface area contributed by atoms with Gasteiger partial charge in [-0.25, -0.2) is 0 Å². The van der Waals surface area contributed by atoms with Gasteiger partial charge in [-0.05, 0) is 31.0 Å². The number of nitrogens with zero attached hydrogens (tertiary/aromatic N) is 1. The van der Waals surface area contributed by atoms with Crippen molar-refractivity contribution in [2.24, 2.45) is 0 Å². The first-order chi connectivity index (χ1) is 13.1. The lowest BCUT2D eigenvalue weighted by atomic mass is 9.90. The van der Waals surface area contributed by atoms with Crippen LogP contribution in [0.2, 0.25) is 0 Å². The lowest BCUT2D eigenvalue weighted by Crippen LogP contribution is -2.58. The normalized spacial score (nSPS) is 21.0. The van der Waals surface area contributed by atoms with E-state index in [1.807, 2.05) is 23.1 Å². The summed E-state index contributed by atoms with van der Waals surface area (Å²) in [6.07, 6.45) is 2.05. The van der Waals surface area contributed by atoms with Crippen LogP contribution in [0.4, 0.5) is 0 Å². The third kappa shape index (κ3) is 4.32. The first-order valence-corrected chi connectivity index (χ1v) is 10.3. The van der Waals surface area contributed by atoms with Crippen molar-refractivity contribution in [2.75, 3.05) is 45.2 Å². The Morgan fingerprint density at radius 3 is 2.70 bits per heavy atom. The van der Waals surface area contributed by atoms with E-state index in [2.05, 4.69) is 5.32 Å². The van der Waals surface area contributed by atoms with E-state index in [9.17, 15) is 9.59 Å². The molecular formula is C19H24N2O5S. The predicted molar refractivity (Wildman–Crippen MR) is 100 cm³/mol. The topological polar surface area (TPSA) is 77.1 Å². The number of hydrogen-bond acceptors (Lipinski definition) is 6. The highest BCUT2D eigenvalue weighted by Crippen LogP contribution is 2.34. The lowest BCUT2D eigenvalue weighted by molar-refractivity contribution is -0.154. The fourth-order valence-corrected chi connectivity index (χ4v) is 4.46. The lowest BCUT2D eigenvalue weighted by Gasteiger charge is -2.43. The van der Waals surface area contributed by atoms with Crippen LogP contribution in [0.5, 0.6) is 11.5 Å². The van der Waals surface area contributed by atoms with Gasteiger partial charge >= 0.3 is 0 Å². The van der Waals surface area contributed by atoms with Gasteiger partial charge in [0.1, 0.15) is 19.8 Å². The second-order valence-corrected chi connectivity index (χ2v) is 8.20. The molecule has 2 amide bonds. The summed E-state index contributed by atoms with van der Waals surface area (Å²) in [6, 6.07) is 5.90. The summed E-state index contributed by atoms with van der Waals surface area (Å²) in [7, 11) is 0. The van der Waals surface area contributed by atoms with Gasteiger partial charge in [-0.1, -0.05) is 0 Å². The first-order valence-electron chi connectivity index (χ1n) is 9.34. The van der Waals surface area contributed by atoms with Crippen molar-refractivity contribution in [1.82, 2.24) is 10.2 Å². The van der Waals surface area contributed by atoms with E-state index >= 15 is 0 Å². The Hall–Kier alpha value is -1.93. The summed E-state index contributed by atoms with van der Waals surface area (Å²) in [6.45, 7) is 3.20. The molecule has 8 heteroatoms. The van der Waals surface area contributed by atoms with Crippen LogP contribution in [-0.4, -0.2) is 67.5 Å². The first kappa shape index (κ1) is 18.4. The fraction of sp³-hybridized carbons (Fsp3) is 0.579. The van der Waals surface area contributed by atoms with Crippen molar-refractivity contribution in [1.29, 1.82) is 0 Å². The van der Waals surface area contributed by atoms with Crippen LogP contribution in [0.25, 0.3) is 0 Å². The van der Waals surface area contributed by atoms with Crippen molar-refractivity contribution in [3.05, 3.63) is 18.2 Å². The molecular weight excluding hydrogens is 368 g/mol. The number of ether oxygens (including phenoxy) is 3. The molecule has 3 aliphatic rings. The van der Waals surface area contributed by atoms with E-state index in [4.69, 9.17) is 14.2 Å². The van der Waals surface area contributed by atoms with E-state index in [1.165, 1.54) is 0 Å². The van der Waals surface area contributed by atoms with Crippen LogP contribution < -0.4 is 14.8 Å². The van der Waals surface area contributed by atoms with Crippen LogP contribution in [0.15, 0.2) is 23.1 Å². The zero-order valence-corrected chi connectivity index (χ0v) is 16.0. The average Bonchev–Trinajstić information content (AvgIpc) is 2.71. The Morgan fingerprint density at radius 1 is 1.19 bits per heavy atom. The standard InChI is InChI=1S/C19H24N2O5S/c22-17-12-26-19(13-20-17)4-6-21(7-5-19)18(23)3-10-27-14-1-2-15-16(11-14)25-9-8-24-15/h1-2,11H,3-10,12-13H2,(H,20,22). The number of fused-ring (bicyclic) bond motifs is 1. The number of hydrogen-bond donors (Lipinski definition) is 1. The molecule has 0 atom stereocenters. The number of carbonyl (C=O) groups is 2. The van der Waals surface area contributed by atoms with Gasteiger partial charge in [0.15, 0.2) is 11.5 Å². The molecule has 2 fully saturated rings. The summed E-state index contributed by atoms with van der Waals surface area (Å²) >= 11 is 1.65. The van der Waals surface area contributed by atoms with E-state index in [0.717, 1.165) is 35.0 Å². The molecule has 0 aromatic heterocycles. The van der Waals surface area contributed by atoms with Crippen LogP contribution in [0.3, 0.4) is 0 Å². The van der Waals surface area contributed by atoms with Gasteiger partial charge in [-0.2, -0.15) is 0 Å². The minimum atomic E-state index is -0.287. The maximum Gasteiger partial charge on any atom is 0.246 e. The molecule has 4 rings (SSSR count). The Morgan fingerprint density at radius 2 is 1.96 bits per heavy atom. The van der Waals surface area contributed by atoms with Crippen LogP contribution >= 0.6 is 11.8 Å². The molecule has 3 aliphatic heterocycles. The maximum absolute atomic E-state index is 12.5. The molecule has 3 heterocycles. The van der Waals surface area contributed by atoms with E-state index in [0.29, 0.717) is 39.3 Å². The number of nitrogens with one attached hydrogen (secondary N) is 1. The van der Waals surface area contributed by atoms with Gasteiger partial charge < -0.3 is 24.4 Å². The predicted octanol–water partition coefficient (Wildman–Crippen LogP) is 1.45. The molecule has 0 radical (unpaired) electrons. The summed E-state index contributed by atoms with van der Waals surface area (Å²) in [4.78, 5) is 26.8. The number of morpholine rings is 1. The monoisotopic (exact) mass is 392 g/mol.